The van der Waals surface area contributed by atoms with Gasteiger partial charge in [0, 0.05) is 6.54 Å². The van der Waals surface area contributed by atoms with Gasteiger partial charge in [-0.2, -0.15) is 0 Å². The molecule has 1 saturated heterocycles. The molecule has 2 amide bonds. The number of nitrogens with zero attached hydrogens (tertiary/aromatic N) is 1. The Morgan fingerprint density at radius 1 is 1.25 bits per heavy atom. The van der Waals surface area contributed by atoms with Crippen LogP contribution >= 0.6 is 0 Å². The summed E-state index contributed by atoms with van der Waals surface area (Å²) in [5.41, 5.74) is 1.13. The Balaban J connectivity index is 2.49. The molecule has 8 nitrogen and oxygen atoms in total. The van der Waals surface area contributed by atoms with Crippen molar-refractivity contribution in [2.45, 2.75) is 51.7 Å². The molecule has 0 aliphatic carbocycles. The molecule has 114 valence electrons. The van der Waals surface area contributed by atoms with E-state index in [1.54, 1.807) is 20.8 Å². The molecule has 1 aliphatic rings. The third kappa shape index (κ3) is 4.94. The fraction of sp³-hybridized carbons (Fsp3) is 0.750. The minimum Gasteiger partial charge on any atom is -0.480 e. The standard InChI is InChI=1S/C12H20N2O6/c1-12(2,3)19-10(17)13-20-11(18)14-7-5-4-6-8(14)9(15)16/h8H,4-7H2,1-3H3,(H,13,17)(H,15,16). The van der Waals surface area contributed by atoms with Crippen molar-refractivity contribution in [1.29, 1.82) is 0 Å². The van der Waals surface area contributed by atoms with Crippen LogP contribution in [0.2, 0.25) is 0 Å². The summed E-state index contributed by atoms with van der Waals surface area (Å²) in [6.07, 6.45) is 0.000275. The SMILES string of the molecule is CC(C)(C)OC(=O)NOC(=O)N1CCCCC1C(=O)O. The molecule has 0 aromatic rings. The second-order valence-corrected chi connectivity index (χ2v) is 5.52. The van der Waals surface area contributed by atoms with Gasteiger partial charge in [-0.3, -0.25) is 4.90 Å². The van der Waals surface area contributed by atoms with Gasteiger partial charge in [0.05, 0.1) is 0 Å². The van der Waals surface area contributed by atoms with Crippen LogP contribution in [0.4, 0.5) is 9.59 Å². The Morgan fingerprint density at radius 3 is 2.45 bits per heavy atom. The molecule has 1 fully saturated rings. The number of rotatable bonds is 1. The highest BCUT2D eigenvalue weighted by atomic mass is 16.7. The number of amides is 2. The maximum atomic E-state index is 11.8. The van der Waals surface area contributed by atoms with Crippen LogP contribution < -0.4 is 5.48 Å². The van der Waals surface area contributed by atoms with Crippen LogP contribution in [-0.4, -0.2) is 46.3 Å². The molecule has 0 bridgehead atoms. The topological polar surface area (TPSA) is 105 Å². The first-order valence-corrected chi connectivity index (χ1v) is 6.40. The lowest BCUT2D eigenvalue weighted by atomic mass is 10.0. The number of aliphatic carboxylic acids is 1. The number of hydrogen-bond donors (Lipinski definition) is 2. The lowest BCUT2D eigenvalue weighted by Gasteiger charge is -2.31. The van der Waals surface area contributed by atoms with E-state index in [2.05, 4.69) is 4.84 Å². The molecule has 0 spiro atoms. The van der Waals surface area contributed by atoms with Crippen molar-refractivity contribution < 1.29 is 29.1 Å². The summed E-state index contributed by atoms with van der Waals surface area (Å²) in [4.78, 5) is 39.8. The highest BCUT2D eigenvalue weighted by Crippen LogP contribution is 2.18. The van der Waals surface area contributed by atoms with E-state index in [1.165, 1.54) is 0 Å². The number of ether oxygens (including phenoxy) is 1. The van der Waals surface area contributed by atoms with Crippen LogP contribution in [0.3, 0.4) is 0 Å². The molecule has 1 heterocycles. The Morgan fingerprint density at radius 2 is 1.90 bits per heavy atom. The molecule has 0 radical (unpaired) electrons. The van der Waals surface area contributed by atoms with Crippen LogP contribution in [-0.2, 0) is 14.4 Å². The van der Waals surface area contributed by atoms with Crippen molar-refractivity contribution >= 4 is 18.2 Å². The molecule has 1 atom stereocenters. The van der Waals surface area contributed by atoms with Gasteiger partial charge in [0.1, 0.15) is 11.6 Å². The molecule has 0 aromatic carbocycles. The first kappa shape index (κ1) is 16.1. The van der Waals surface area contributed by atoms with E-state index >= 15 is 0 Å². The molecule has 1 unspecified atom stereocenters. The van der Waals surface area contributed by atoms with Crippen LogP contribution in [0.25, 0.3) is 0 Å². The predicted octanol–water partition coefficient (Wildman–Crippen LogP) is 1.50. The van der Waals surface area contributed by atoms with Gasteiger partial charge in [-0.25, -0.2) is 14.4 Å². The minimum atomic E-state index is -1.08. The molecule has 20 heavy (non-hydrogen) atoms. The quantitative estimate of drug-likeness (QED) is 0.708. The van der Waals surface area contributed by atoms with Crippen molar-refractivity contribution in [3.63, 3.8) is 0 Å². The van der Waals surface area contributed by atoms with Crippen molar-refractivity contribution in [2.75, 3.05) is 6.54 Å². The third-order valence-electron chi connectivity index (χ3n) is 2.64. The second kappa shape index (κ2) is 6.44. The molecular formula is C12H20N2O6. The van der Waals surface area contributed by atoms with Gasteiger partial charge in [-0.1, -0.05) is 0 Å². The maximum Gasteiger partial charge on any atom is 0.441 e. The van der Waals surface area contributed by atoms with Crippen molar-refractivity contribution in [1.82, 2.24) is 10.4 Å². The average molecular weight is 288 g/mol. The Hall–Kier alpha value is -1.99. The van der Waals surface area contributed by atoms with E-state index < -0.39 is 29.8 Å². The van der Waals surface area contributed by atoms with Gasteiger partial charge < -0.3 is 14.7 Å². The number of carboxylic acid groups (broad SMARTS) is 1. The molecule has 8 heteroatoms. The lowest BCUT2D eigenvalue weighted by molar-refractivity contribution is -0.144. The number of carboxylic acids is 1. The zero-order chi connectivity index (χ0) is 15.3. The van der Waals surface area contributed by atoms with Gasteiger partial charge in [0.15, 0.2) is 0 Å². The summed E-state index contributed by atoms with van der Waals surface area (Å²) in [5.74, 6) is -1.08. The van der Waals surface area contributed by atoms with Crippen molar-refractivity contribution in [3.8, 4) is 0 Å². The van der Waals surface area contributed by atoms with Gasteiger partial charge in [-0.15, -0.1) is 5.48 Å². The number of nitrogens with one attached hydrogen (secondary N) is 1. The van der Waals surface area contributed by atoms with Crippen LogP contribution in [0, 0.1) is 0 Å². The summed E-state index contributed by atoms with van der Waals surface area (Å²) in [7, 11) is 0. The average Bonchev–Trinajstić information content (AvgIpc) is 2.33. The minimum absolute atomic E-state index is 0.284. The summed E-state index contributed by atoms with van der Waals surface area (Å²) in [5, 5.41) is 9.03. The number of likely N-dealkylation sites (tertiary alicyclic amines) is 1. The number of hydrogen-bond acceptors (Lipinski definition) is 5. The second-order valence-electron chi connectivity index (χ2n) is 5.52. The molecule has 1 aliphatic heterocycles. The van der Waals surface area contributed by atoms with E-state index in [0.717, 1.165) is 11.3 Å². The van der Waals surface area contributed by atoms with Crippen LogP contribution in [0.1, 0.15) is 40.0 Å². The summed E-state index contributed by atoms with van der Waals surface area (Å²) >= 11 is 0. The third-order valence-corrected chi connectivity index (χ3v) is 2.64. The largest absolute Gasteiger partial charge is 0.480 e. The normalized spacial score (nSPS) is 19.1. The Bertz CT molecular complexity index is 390. The van der Waals surface area contributed by atoms with Crippen molar-refractivity contribution in [2.24, 2.45) is 0 Å². The van der Waals surface area contributed by atoms with Gasteiger partial charge in [-0.05, 0) is 40.0 Å². The highest BCUT2D eigenvalue weighted by molar-refractivity contribution is 5.80. The van der Waals surface area contributed by atoms with Crippen LogP contribution in [0.5, 0.6) is 0 Å². The van der Waals surface area contributed by atoms with Gasteiger partial charge >= 0.3 is 18.2 Å². The van der Waals surface area contributed by atoms with E-state index in [4.69, 9.17) is 9.84 Å². The lowest BCUT2D eigenvalue weighted by Crippen LogP contribution is -2.50. The first-order valence-electron chi connectivity index (χ1n) is 6.40. The maximum absolute atomic E-state index is 11.8. The zero-order valence-electron chi connectivity index (χ0n) is 11.8. The Kier molecular flexibility index (Phi) is 5.18. The fourth-order valence-electron chi connectivity index (χ4n) is 1.85. The summed E-state index contributed by atoms with van der Waals surface area (Å²) in [6.45, 7) is 5.28. The van der Waals surface area contributed by atoms with E-state index in [9.17, 15) is 14.4 Å². The highest BCUT2D eigenvalue weighted by Gasteiger charge is 2.33. The Labute approximate surface area is 117 Å². The van der Waals surface area contributed by atoms with Crippen LogP contribution in [0.15, 0.2) is 0 Å². The monoisotopic (exact) mass is 288 g/mol. The molecular weight excluding hydrogens is 268 g/mol. The van der Waals surface area contributed by atoms with Gasteiger partial charge in [0.2, 0.25) is 0 Å². The number of carbonyl (C=O) groups is 3. The zero-order valence-corrected chi connectivity index (χ0v) is 11.8. The molecule has 1 rings (SSSR count). The van der Waals surface area contributed by atoms with E-state index in [1.807, 2.05) is 5.48 Å². The molecule has 0 aromatic heterocycles. The molecule has 0 saturated carbocycles. The van der Waals surface area contributed by atoms with Crippen molar-refractivity contribution in [3.05, 3.63) is 0 Å². The number of piperidine rings is 1. The predicted molar refractivity (Wildman–Crippen MR) is 67.8 cm³/mol. The molecule has 2 N–H and O–H groups in total. The first-order chi connectivity index (χ1) is 9.20. The smallest absolute Gasteiger partial charge is 0.441 e. The fourth-order valence-corrected chi connectivity index (χ4v) is 1.85. The van der Waals surface area contributed by atoms with E-state index in [-0.39, 0.29) is 6.54 Å². The number of carbonyl (C=O) groups excluding carboxylic acids is 2. The van der Waals surface area contributed by atoms with Gasteiger partial charge in [0.25, 0.3) is 0 Å². The number of hydroxylamine groups is 1. The summed E-state index contributed by atoms with van der Waals surface area (Å²) < 4.78 is 4.89. The van der Waals surface area contributed by atoms with E-state index in [0.29, 0.717) is 12.8 Å². The summed E-state index contributed by atoms with van der Waals surface area (Å²) in [6, 6.07) is -0.920.